The summed E-state index contributed by atoms with van der Waals surface area (Å²) in [5.74, 6) is -3.16. The average molecular weight is 426 g/mol. The van der Waals surface area contributed by atoms with Crippen LogP contribution in [0.2, 0.25) is 0 Å². The minimum Gasteiger partial charge on any atom is -0.481 e. The Balaban J connectivity index is 1.66. The largest absolute Gasteiger partial charge is 0.481 e. The van der Waals surface area contributed by atoms with Crippen LogP contribution >= 0.6 is 0 Å². The van der Waals surface area contributed by atoms with Crippen molar-refractivity contribution in [3.05, 3.63) is 47.8 Å². The predicted octanol–water partition coefficient (Wildman–Crippen LogP) is 3.19. The lowest BCUT2D eigenvalue weighted by atomic mass is 9.68. The average Bonchev–Trinajstić information content (AvgIpc) is 3.28. The van der Waals surface area contributed by atoms with E-state index < -0.39 is 29.7 Å². The number of hydrogen-bond acceptors (Lipinski definition) is 5. The van der Waals surface area contributed by atoms with Crippen molar-refractivity contribution in [1.82, 2.24) is 9.88 Å². The molecule has 0 radical (unpaired) electrons. The number of amides is 1. The van der Waals surface area contributed by atoms with Gasteiger partial charge in [-0.25, -0.2) is 4.79 Å². The summed E-state index contributed by atoms with van der Waals surface area (Å²) < 4.78 is 0. The molecule has 1 aliphatic heterocycles. The lowest BCUT2D eigenvalue weighted by Gasteiger charge is -2.34. The molecule has 1 amide bonds. The number of nitrogens with one attached hydrogen (secondary N) is 1. The number of para-hydroxylation sites is 1. The normalized spacial score (nSPS) is 23.0. The summed E-state index contributed by atoms with van der Waals surface area (Å²) in [5, 5.41) is 10.5. The minimum absolute atomic E-state index is 0.169. The van der Waals surface area contributed by atoms with Gasteiger partial charge in [0.25, 0.3) is 0 Å². The molecule has 2 aliphatic rings. The number of fused-ring (bicyclic) bond motifs is 2. The van der Waals surface area contributed by atoms with Crippen LogP contribution in [0.3, 0.4) is 0 Å². The lowest BCUT2D eigenvalue weighted by Crippen LogP contribution is -2.41. The zero-order chi connectivity index (χ0) is 22.0. The molecule has 0 unspecified atom stereocenters. The molecule has 1 aliphatic carbocycles. The number of carbonyl (C=O) groups is 3. The summed E-state index contributed by atoms with van der Waals surface area (Å²) in [6.45, 7) is 2.21. The number of carboxylic acid groups (broad SMARTS) is 1. The van der Waals surface area contributed by atoms with Crippen molar-refractivity contribution in [1.29, 1.82) is 0 Å². The van der Waals surface area contributed by atoms with Gasteiger partial charge in [-0.05, 0) is 44.2 Å². The number of allylic oxidation sites excluding steroid dienone is 1. The van der Waals surface area contributed by atoms with Gasteiger partial charge in [0.15, 0.2) is 0 Å². The maximum atomic E-state index is 13.4. The van der Waals surface area contributed by atoms with Crippen molar-refractivity contribution in [3.63, 3.8) is 0 Å². The fourth-order valence-electron chi connectivity index (χ4n) is 4.92. The molecule has 0 spiro atoms. The molecular weight excluding hydrogens is 400 g/mol. The van der Waals surface area contributed by atoms with E-state index in [1.54, 1.807) is 11.8 Å². The summed E-state index contributed by atoms with van der Waals surface area (Å²) in [6.07, 6.45) is 5.69. The van der Waals surface area contributed by atoms with Crippen LogP contribution in [0.1, 0.15) is 38.2 Å². The highest BCUT2D eigenvalue weighted by atomic mass is 17.2. The molecule has 2 N–H and O–H groups in total. The highest BCUT2D eigenvalue weighted by molar-refractivity contribution is 5.98. The summed E-state index contributed by atoms with van der Waals surface area (Å²) in [4.78, 5) is 52.7. The minimum atomic E-state index is -1.32. The first-order valence-corrected chi connectivity index (χ1v) is 10.6. The van der Waals surface area contributed by atoms with Gasteiger partial charge in [0.1, 0.15) is 5.41 Å². The molecule has 2 atom stereocenters. The van der Waals surface area contributed by atoms with Crippen molar-refractivity contribution >= 4 is 28.7 Å². The second-order valence-electron chi connectivity index (χ2n) is 7.98. The third-order valence-electron chi connectivity index (χ3n) is 6.29. The quantitative estimate of drug-likeness (QED) is 0.496. The van der Waals surface area contributed by atoms with E-state index >= 15 is 0 Å². The number of carboxylic acids is 1. The molecule has 1 saturated heterocycles. The van der Waals surface area contributed by atoms with E-state index in [0.717, 1.165) is 22.9 Å². The third kappa shape index (κ3) is 3.61. The SMILES string of the molecule is CCOOC(=O)[C@]12CCCC=C1N(CCc1c[nH]c3ccccc13)C(=O)[C@H]2CC(=O)O. The van der Waals surface area contributed by atoms with Gasteiger partial charge in [-0.2, -0.15) is 4.89 Å². The smallest absolute Gasteiger partial charge is 0.355 e. The summed E-state index contributed by atoms with van der Waals surface area (Å²) in [7, 11) is 0. The number of nitrogens with zero attached hydrogens (tertiary/aromatic N) is 1. The van der Waals surface area contributed by atoms with Gasteiger partial charge < -0.3 is 15.0 Å². The van der Waals surface area contributed by atoms with Gasteiger partial charge in [0, 0.05) is 29.3 Å². The van der Waals surface area contributed by atoms with Crippen molar-refractivity contribution in [2.75, 3.05) is 13.2 Å². The van der Waals surface area contributed by atoms with Gasteiger partial charge in [-0.3, -0.25) is 14.5 Å². The van der Waals surface area contributed by atoms with Crippen LogP contribution in [0, 0.1) is 11.3 Å². The first-order chi connectivity index (χ1) is 15.0. The topological polar surface area (TPSA) is 109 Å². The van der Waals surface area contributed by atoms with Gasteiger partial charge in [0.2, 0.25) is 5.91 Å². The van der Waals surface area contributed by atoms with Crippen LogP contribution in [0.4, 0.5) is 0 Å². The number of aromatic nitrogens is 1. The van der Waals surface area contributed by atoms with Crippen molar-refractivity contribution in [2.24, 2.45) is 11.3 Å². The molecule has 1 aromatic heterocycles. The monoisotopic (exact) mass is 426 g/mol. The summed E-state index contributed by atoms with van der Waals surface area (Å²) >= 11 is 0. The van der Waals surface area contributed by atoms with Crippen LogP contribution in [0.25, 0.3) is 10.9 Å². The van der Waals surface area contributed by atoms with E-state index in [1.807, 2.05) is 36.5 Å². The van der Waals surface area contributed by atoms with E-state index in [4.69, 9.17) is 9.78 Å². The number of aromatic amines is 1. The Labute approximate surface area is 179 Å². The van der Waals surface area contributed by atoms with Crippen LogP contribution < -0.4 is 0 Å². The predicted molar refractivity (Wildman–Crippen MR) is 112 cm³/mol. The molecule has 31 heavy (non-hydrogen) atoms. The molecule has 2 aromatic rings. The van der Waals surface area contributed by atoms with Gasteiger partial charge in [-0.15, -0.1) is 0 Å². The number of hydrogen-bond donors (Lipinski definition) is 2. The van der Waals surface area contributed by atoms with Crippen LogP contribution in [-0.4, -0.2) is 46.0 Å². The Morgan fingerprint density at radius 2 is 2.13 bits per heavy atom. The first kappa shape index (κ1) is 21.1. The Hall–Kier alpha value is -3.13. The Morgan fingerprint density at radius 1 is 1.32 bits per heavy atom. The third-order valence-corrected chi connectivity index (χ3v) is 6.29. The van der Waals surface area contributed by atoms with Crippen LogP contribution in [0.5, 0.6) is 0 Å². The summed E-state index contributed by atoms with van der Waals surface area (Å²) in [5.41, 5.74) is 1.31. The summed E-state index contributed by atoms with van der Waals surface area (Å²) in [6, 6.07) is 7.92. The number of rotatable bonds is 8. The Bertz CT molecular complexity index is 1040. The highest BCUT2D eigenvalue weighted by Gasteiger charge is 2.62. The molecule has 4 rings (SSSR count). The number of H-pyrrole nitrogens is 1. The van der Waals surface area contributed by atoms with Crippen LogP contribution in [0.15, 0.2) is 42.2 Å². The van der Waals surface area contributed by atoms with E-state index in [9.17, 15) is 19.5 Å². The second-order valence-corrected chi connectivity index (χ2v) is 7.98. The van der Waals surface area contributed by atoms with Crippen molar-refractivity contribution < 1.29 is 29.3 Å². The fraction of sp³-hybridized carbons (Fsp3) is 0.435. The molecule has 0 saturated carbocycles. The maximum absolute atomic E-state index is 13.4. The van der Waals surface area contributed by atoms with E-state index in [-0.39, 0.29) is 12.5 Å². The van der Waals surface area contributed by atoms with Gasteiger partial charge >= 0.3 is 11.9 Å². The maximum Gasteiger partial charge on any atom is 0.355 e. The number of aliphatic carboxylic acids is 1. The zero-order valence-electron chi connectivity index (χ0n) is 17.4. The van der Waals surface area contributed by atoms with Gasteiger partial charge in [-0.1, -0.05) is 24.3 Å². The molecule has 0 bridgehead atoms. The lowest BCUT2D eigenvalue weighted by molar-refractivity contribution is -0.278. The molecule has 2 heterocycles. The molecule has 164 valence electrons. The molecular formula is C23H26N2O6. The first-order valence-electron chi connectivity index (χ1n) is 10.6. The van der Waals surface area contributed by atoms with E-state index in [0.29, 0.717) is 31.5 Å². The highest BCUT2D eigenvalue weighted by Crippen LogP contribution is 2.53. The molecule has 1 fully saturated rings. The number of carbonyl (C=O) groups excluding carboxylic acids is 2. The molecule has 1 aromatic carbocycles. The molecule has 8 heteroatoms. The number of benzene rings is 1. The standard InChI is InChI=1S/C23H26N2O6/c1-2-30-31-22(29)23-11-6-5-9-19(23)25(21(28)17(23)13-20(26)27)12-10-15-14-24-18-8-4-3-7-16(15)18/h3-4,7-9,14,17,24H,2,5-6,10-13H2,1H3,(H,26,27)/t17-,23+/m1/s1. The Kier molecular flexibility index (Phi) is 5.82. The van der Waals surface area contributed by atoms with Crippen LogP contribution in [-0.2, 0) is 30.6 Å². The molecule has 8 nitrogen and oxygen atoms in total. The van der Waals surface area contributed by atoms with Crippen molar-refractivity contribution in [3.8, 4) is 0 Å². The fourth-order valence-corrected chi connectivity index (χ4v) is 4.92. The number of likely N-dealkylation sites (tertiary alicyclic amines) is 1. The second kappa shape index (κ2) is 8.55. The zero-order valence-corrected chi connectivity index (χ0v) is 17.4. The van der Waals surface area contributed by atoms with Gasteiger partial charge in [0.05, 0.1) is 18.9 Å². The van der Waals surface area contributed by atoms with E-state index in [2.05, 4.69) is 4.98 Å². The Morgan fingerprint density at radius 3 is 2.90 bits per heavy atom. The van der Waals surface area contributed by atoms with Crippen molar-refractivity contribution in [2.45, 2.75) is 39.0 Å². The van der Waals surface area contributed by atoms with E-state index in [1.165, 1.54) is 0 Å².